The van der Waals surface area contributed by atoms with Crippen LogP contribution < -0.4 is 11.1 Å². The first kappa shape index (κ1) is 19.2. The van der Waals surface area contributed by atoms with Gasteiger partial charge in [0.25, 0.3) is 17.0 Å². The zero-order valence-corrected chi connectivity index (χ0v) is 16.9. The van der Waals surface area contributed by atoms with Crippen LogP contribution >= 0.6 is 0 Å². The molecular formula is C21H25N5O3. The van der Waals surface area contributed by atoms with Crippen molar-refractivity contribution in [3.63, 3.8) is 0 Å². The molecule has 152 valence electrons. The Hall–Kier alpha value is -3.16. The van der Waals surface area contributed by atoms with Crippen LogP contribution in [0.25, 0.3) is 5.65 Å². The third-order valence-electron chi connectivity index (χ3n) is 5.74. The van der Waals surface area contributed by atoms with Crippen LogP contribution in [0.1, 0.15) is 65.2 Å². The summed E-state index contributed by atoms with van der Waals surface area (Å²) < 4.78 is 1.41. The highest BCUT2D eigenvalue weighted by Crippen LogP contribution is 2.31. The van der Waals surface area contributed by atoms with Crippen LogP contribution in [-0.4, -0.2) is 36.9 Å². The second kappa shape index (κ2) is 7.35. The smallest absolute Gasteiger partial charge is 0.272 e. The van der Waals surface area contributed by atoms with E-state index in [0.29, 0.717) is 18.6 Å². The average molecular weight is 395 g/mol. The van der Waals surface area contributed by atoms with Gasteiger partial charge in [-0.25, -0.2) is 9.50 Å². The summed E-state index contributed by atoms with van der Waals surface area (Å²) in [7, 11) is 0. The molecule has 1 amide bonds. The number of aromatic amines is 2. The second-order valence-electron chi connectivity index (χ2n) is 7.67. The molecule has 8 heteroatoms. The van der Waals surface area contributed by atoms with Gasteiger partial charge >= 0.3 is 0 Å². The molecule has 0 aromatic carbocycles. The number of nitrogens with zero attached hydrogens (tertiary/aromatic N) is 3. The van der Waals surface area contributed by atoms with Gasteiger partial charge in [0, 0.05) is 30.1 Å². The quantitative estimate of drug-likeness (QED) is 0.710. The molecule has 4 rings (SSSR count). The Bertz CT molecular complexity index is 1200. The number of rotatable bonds is 3. The van der Waals surface area contributed by atoms with Crippen molar-refractivity contribution < 1.29 is 4.79 Å². The first-order valence-corrected chi connectivity index (χ1v) is 10.0. The molecule has 0 saturated carbocycles. The van der Waals surface area contributed by atoms with E-state index < -0.39 is 0 Å². The number of nitrogens with one attached hydrogen (secondary N) is 2. The number of fused-ring (bicyclic) bond motifs is 1. The highest BCUT2D eigenvalue weighted by atomic mass is 16.2. The van der Waals surface area contributed by atoms with Crippen molar-refractivity contribution in [1.29, 1.82) is 0 Å². The molecule has 1 aliphatic heterocycles. The maximum atomic E-state index is 13.3. The van der Waals surface area contributed by atoms with Crippen molar-refractivity contribution in [1.82, 2.24) is 24.5 Å². The molecule has 0 spiro atoms. The van der Waals surface area contributed by atoms with E-state index in [1.165, 1.54) is 10.6 Å². The van der Waals surface area contributed by atoms with Gasteiger partial charge in [0.1, 0.15) is 5.56 Å². The van der Waals surface area contributed by atoms with Crippen molar-refractivity contribution >= 4 is 11.6 Å². The van der Waals surface area contributed by atoms with Crippen molar-refractivity contribution in [3.05, 3.63) is 67.1 Å². The van der Waals surface area contributed by atoms with Crippen LogP contribution in [0, 0.1) is 13.8 Å². The fourth-order valence-corrected chi connectivity index (χ4v) is 3.95. The Morgan fingerprint density at radius 1 is 1.21 bits per heavy atom. The maximum Gasteiger partial charge on any atom is 0.272 e. The Morgan fingerprint density at radius 2 is 2.00 bits per heavy atom. The fourth-order valence-electron chi connectivity index (χ4n) is 3.95. The number of likely N-dealkylation sites (tertiary alicyclic amines) is 1. The Kier molecular flexibility index (Phi) is 4.86. The zero-order valence-electron chi connectivity index (χ0n) is 16.9. The van der Waals surface area contributed by atoms with Crippen LogP contribution in [0.5, 0.6) is 0 Å². The summed E-state index contributed by atoms with van der Waals surface area (Å²) in [5.41, 5.74) is 3.28. The monoisotopic (exact) mass is 395 g/mol. The highest BCUT2D eigenvalue weighted by molar-refractivity contribution is 5.94. The molecule has 0 bridgehead atoms. The summed E-state index contributed by atoms with van der Waals surface area (Å²) in [6.45, 7) is 6.20. The molecule has 1 unspecified atom stereocenters. The van der Waals surface area contributed by atoms with Gasteiger partial charge in [0.15, 0.2) is 5.65 Å². The second-order valence-corrected chi connectivity index (χ2v) is 7.67. The number of pyridine rings is 1. The summed E-state index contributed by atoms with van der Waals surface area (Å²) in [6, 6.07) is 4.78. The molecule has 0 aliphatic carbocycles. The summed E-state index contributed by atoms with van der Waals surface area (Å²) >= 11 is 0. The van der Waals surface area contributed by atoms with Gasteiger partial charge in [0.05, 0.1) is 11.7 Å². The van der Waals surface area contributed by atoms with Crippen LogP contribution in [0.4, 0.5) is 0 Å². The topological polar surface area (TPSA) is 103 Å². The molecule has 3 aromatic heterocycles. The summed E-state index contributed by atoms with van der Waals surface area (Å²) in [5.74, 6) is -0.285. The number of aromatic nitrogens is 4. The van der Waals surface area contributed by atoms with Gasteiger partial charge in [-0.3, -0.25) is 19.5 Å². The number of H-pyrrole nitrogens is 2. The van der Waals surface area contributed by atoms with Gasteiger partial charge < -0.3 is 9.88 Å². The number of carbonyl (C=O) groups is 1. The Morgan fingerprint density at radius 3 is 2.76 bits per heavy atom. The fraction of sp³-hybridized carbons (Fsp3) is 0.429. The SMILES string of the molecule is CCc1cc(=O)n2[nH]c(C3CCCCN3C(=O)c3cc(C)c(C)[nH]c3=O)cc2n1. The summed E-state index contributed by atoms with van der Waals surface area (Å²) in [6.07, 6.45) is 3.28. The summed E-state index contributed by atoms with van der Waals surface area (Å²) in [5, 5.41) is 3.12. The Balaban J connectivity index is 1.75. The number of aryl methyl sites for hydroxylation is 3. The normalized spacial score (nSPS) is 17.1. The third-order valence-corrected chi connectivity index (χ3v) is 5.74. The first-order valence-electron chi connectivity index (χ1n) is 10.0. The predicted octanol–water partition coefficient (Wildman–Crippen LogP) is 2.26. The lowest BCUT2D eigenvalue weighted by Gasteiger charge is -2.35. The molecule has 0 radical (unpaired) electrons. The van der Waals surface area contributed by atoms with E-state index in [4.69, 9.17) is 0 Å². The van der Waals surface area contributed by atoms with E-state index in [1.807, 2.05) is 26.8 Å². The largest absolute Gasteiger partial charge is 0.330 e. The van der Waals surface area contributed by atoms with Crippen molar-refractivity contribution in [2.45, 2.75) is 52.5 Å². The number of piperidine rings is 1. The minimum absolute atomic E-state index is 0.152. The van der Waals surface area contributed by atoms with Gasteiger partial charge in [-0.05, 0) is 51.2 Å². The van der Waals surface area contributed by atoms with Gasteiger partial charge in [0.2, 0.25) is 0 Å². The standard InChI is InChI=1S/C21H25N5O3/c1-4-14-10-19(27)26-18(23-14)11-16(24-26)17-7-5-6-8-25(17)21(29)15-9-12(2)13(3)22-20(15)28/h9-11,17,24H,4-8H2,1-3H3,(H,22,28). The minimum atomic E-state index is -0.371. The molecule has 1 fully saturated rings. The van der Waals surface area contributed by atoms with E-state index in [2.05, 4.69) is 15.1 Å². The van der Waals surface area contributed by atoms with Crippen molar-refractivity contribution in [3.8, 4) is 0 Å². The lowest BCUT2D eigenvalue weighted by atomic mass is 9.98. The molecule has 3 aromatic rings. The molecule has 2 N–H and O–H groups in total. The maximum absolute atomic E-state index is 13.3. The lowest BCUT2D eigenvalue weighted by Crippen LogP contribution is -2.41. The van der Waals surface area contributed by atoms with Crippen LogP contribution in [0.2, 0.25) is 0 Å². The van der Waals surface area contributed by atoms with E-state index in [0.717, 1.165) is 41.9 Å². The van der Waals surface area contributed by atoms with Gasteiger partial charge in [-0.1, -0.05) is 6.92 Å². The molecule has 8 nitrogen and oxygen atoms in total. The number of amides is 1. The van der Waals surface area contributed by atoms with Crippen LogP contribution in [0.3, 0.4) is 0 Å². The third kappa shape index (κ3) is 3.39. The molecular weight excluding hydrogens is 370 g/mol. The van der Waals surface area contributed by atoms with E-state index in [-0.39, 0.29) is 28.6 Å². The van der Waals surface area contributed by atoms with E-state index in [1.54, 1.807) is 11.0 Å². The van der Waals surface area contributed by atoms with Crippen molar-refractivity contribution in [2.24, 2.45) is 0 Å². The first-order chi connectivity index (χ1) is 13.9. The Labute approximate surface area is 167 Å². The number of hydrogen-bond acceptors (Lipinski definition) is 4. The zero-order chi connectivity index (χ0) is 20.7. The van der Waals surface area contributed by atoms with Crippen LogP contribution in [0.15, 0.2) is 27.8 Å². The van der Waals surface area contributed by atoms with Crippen LogP contribution in [-0.2, 0) is 6.42 Å². The molecule has 1 atom stereocenters. The van der Waals surface area contributed by atoms with Crippen molar-refractivity contribution in [2.75, 3.05) is 6.54 Å². The van der Waals surface area contributed by atoms with E-state index >= 15 is 0 Å². The minimum Gasteiger partial charge on any atom is -0.330 e. The molecule has 1 saturated heterocycles. The number of hydrogen-bond donors (Lipinski definition) is 2. The average Bonchev–Trinajstić information content (AvgIpc) is 3.15. The molecule has 4 heterocycles. The molecule has 1 aliphatic rings. The number of carbonyl (C=O) groups excluding carboxylic acids is 1. The lowest BCUT2D eigenvalue weighted by molar-refractivity contribution is 0.0603. The summed E-state index contributed by atoms with van der Waals surface area (Å²) in [4.78, 5) is 47.0. The van der Waals surface area contributed by atoms with Gasteiger partial charge in [-0.2, -0.15) is 0 Å². The van der Waals surface area contributed by atoms with E-state index in [9.17, 15) is 14.4 Å². The molecule has 29 heavy (non-hydrogen) atoms. The highest BCUT2D eigenvalue weighted by Gasteiger charge is 2.31. The predicted molar refractivity (Wildman–Crippen MR) is 109 cm³/mol. The van der Waals surface area contributed by atoms with Gasteiger partial charge in [-0.15, -0.1) is 0 Å².